The standard InChI is InChI=1S/C27H29NO6/c1-31-23-15-19(16-24(32-2)27(23)34-4)12-13-25(29)28-22-11-6-5-10-21(22)20-9-7-8-18(14-20)17-26(30)33-3/h5-11,14-16H,12-13,17H2,1-4H3,(H,28,29). The average Bonchev–Trinajstić information content (AvgIpc) is 2.87. The molecule has 0 aromatic heterocycles. The highest BCUT2D eigenvalue weighted by Gasteiger charge is 2.15. The van der Waals surface area contributed by atoms with E-state index < -0.39 is 0 Å². The summed E-state index contributed by atoms with van der Waals surface area (Å²) >= 11 is 0. The number of nitrogens with one attached hydrogen (secondary N) is 1. The fourth-order valence-electron chi connectivity index (χ4n) is 3.68. The maximum absolute atomic E-state index is 12.8. The molecule has 0 radical (unpaired) electrons. The minimum atomic E-state index is -0.300. The molecule has 0 fully saturated rings. The summed E-state index contributed by atoms with van der Waals surface area (Å²) in [6.07, 6.45) is 0.961. The van der Waals surface area contributed by atoms with Crippen LogP contribution >= 0.6 is 0 Å². The Hall–Kier alpha value is -4.00. The van der Waals surface area contributed by atoms with Gasteiger partial charge in [-0.15, -0.1) is 0 Å². The Morgan fingerprint density at radius 1 is 0.794 bits per heavy atom. The minimum absolute atomic E-state index is 0.119. The molecular formula is C27H29NO6. The lowest BCUT2D eigenvalue weighted by molar-refractivity contribution is -0.139. The van der Waals surface area contributed by atoms with Crippen LogP contribution in [-0.4, -0.2) is 40.3 Å². The van der Waals surface area contributed by atoms with Crippen molar-refractivity contribution in [3.05, 3.63) is 71.8 Å². The molecule has 1 N–H and O–H groups in total. The number of anilines is 1. The number of para-hydroxylation sites is 1. The van der Waals surface area contributed by atoms with E-state index in [0.717, 1.165) is 22.3 Å². The number of benzene rings is 3. The monoisotopic (exact) mass is 463 g/mol. The lowest BCUT2D eigenvalue weighted by atomic mass is 10.00. The molecule has 178 valence electrons. The van der Waals surface area contributed by atoms with Crippen molar-refractivity contribution in [2.45, 2.75) is 19.3 Å². The number of esters is 1. The normalized spacial score (nSPS) is 10.4. The predicted octanol–water partition coefficient (Wildman–Crippen LogP) is 4.67. The van der Waals surface area contributed by atoms with Gasteiger partial charge in [0.05, 0.1) is 34.9 Å². The van der Waals surface area contributed by atoms with E-state index in [1.807, 2.05) is 60.7 Å². The highest BCUT2D eigenvalue weighted by molar-refractivity contribution is 5.95. The van der Waals surface area contributed by atoms with Gasteiger partial charge in [-0.3, -0.25) is 9.59 Å². The van der Waals surface area contributed by atoms with Gasteiger partial charge in [0, 0.05) is 17.7 Å². The molecule has 34 heavy (non-hydrogen) atoms. The van der Waals surface area contributed by atoms with E-state index in [9.17, 15) is 9.59 Å². The van der Waals surface area contributed by atoms with Crippen molar-refractivity contribution in [1.82, 2.24) is 0 Å². The maximum Gasteiger partial charge on any atom is 0.309 e. The Kier molecular flexibility index (Phi) is 8.51. The van der Waals surface area contributed by atoms with Crippen molar-refractivity contribution < 1.29 is 28.5 Å². The number of carbonyl (C=O) groups is 2. The van der Waals surface area contributed by atoms with Crippen LogP contribution in [0.2, 0.25) is 0 Å². The van der Waals surface area contributed by atoms with E-state index in [1.54, 1.807) is 21.3 Å². The molecule has 3 rings (SSSR count). The summed E-state index contributed by atoms with van der Waals surface area (Å²) in [4.78, 5) is 24.4. The zero-order valence-electron chi connectivity index (χ0n) is 19.8. The number of methoxy groups -OCH3 is 4. The van der Waals surface area contributed by atoms with Gasteiger partial charge in [-0.25, -0.2) is 0 Å². The molecule has 0 atom stereocenters. The molecular weight excluding hydrogens is 434 g/mol. The van der Waals surface area contributed by atoms with Crippen molar-refractivity contribution in [2.75, 3.05) is 33.8 Å². The molecule has 0 heterocycles. The Bertz CT molecular complexity index is 1130. The predicted molar refractivity (Wildman–Crippen MR) is 131 cm³/mol. The molecule has 1 amide bonds. The van der Waals surface area contributed by atoms with E-state index in [1.165, 1.54) is 7.11 Å². The topological polar surface area (TPSA) is 83.1 Å². The van der Waals surface area contributed by atoms with Crippen molar-refractivity contribution in [1.29, 1.82) is 0 Å². The molecule has 7 nitrogen and oxygen atoms in total. The van der Waals surface area contributed by atoms with Crippen LogP contribution in [0.4, 0.5) is 5.69 Å². The fourth-order valence-corrected chi connectivity index (χ4v) is 3.68. The number of amides is 1. The van der Waals surface area contributed by atoms with Gasteiger partial charge in [-0.2, -0.15) is 0 Å². The van der Waals surface area contributed by atoms with E-state index >= 15 is 0 Å². The molecule has 0 unspecified atom stereocenters. The number of hydrogen-bond donors (Lipinski definition) is 1. The zero-order chi connectivity index (χ0) is 24.5. The SMILES string of the molecule is COC(=O)Cc1cccc(-c2ccccc2NC(=O)CCc2cc(OC)c(OC)c(OC)c2)c1. The summed E-state index contributed by atoms with van der Waals surface area (Å²) in [6.45, 7) is 0. The molecule has 3 aromatic carbocycles. The molecule has 3 aromatic rings. The first-order chi connectivity index (χ1) is 16.5. The number of carbonyl (C=O) groups excluding carboxylic acids is 2. The largest absolute Gasteiger partial charge is 0.493 e. The van der Waals surface area contributed by atoms with E-state index in [0.29, 0.717) is 29.4 Å². The van der Waals surface area contributed by atoms with Crippen LogP contribution in [0.3, 0.4) is 0 Å². The number of ether oxygens (including phenoxy) is 4. The van der Waals surface area contributed by atoms with Crippen LogP contribution in [0.5, 0.6) is 17.2 Å². The minimum Gasteiger partial charge on any atom is -0.493 e. The van der Waals surface area contributed by atoms with Crippen molar-refractivity contribution in [3.63, 3.8) is 0 Å². The van der Waals surface area contributed by atoms with Crippen molar-refractivity contribution >= 4 is 17.6 Å². The third kappa shape index (κ3) is 6.07. The molecule has 0 bridgehead atoms. The molecule has 0 aliphatic rings. The van der Waals surface area contributed by atoms with Crippen molar-refractivity contribution in [3.8, 4) is 28.4 Å². The van der Waals surface area contributed by atoms with Gasteiger partial charge in [-0.05, 0) is 41.3 Å². The van der Waals surface area contributed by atoms with Gasteiger partial charge in [0.1, 0.15) is 0 Å². The van der Waals surface area contributed by atoms with E-state index in [4.69, 9.17) is 18.9 Å². The first-order valence-corrected chi connectivity index (χ1v) is 10.8. The summed E-state index contributed by atoms with van der Waals surface area (Å²) in [6, 6.07) is 18.9. The Morgan fingerprint density at radius 3 is 2.15 bits per heavy atom. The number of rotatable bonds is 10. The van der Waals surface area contributed by atoms with Gasteiger partial charge in [0.2, 0.25) is 11.7 Å². The van der Waals surface area contributed by atoms with Gasteiger partial charge in [0.25, 0.3) is 0 Å². The Balaban J connectivity index is 1.74. The second-order valence-corrected chi connectivity index (χ2v) is 7.58. The van der Waals surface area contributed by atoms with Gasteiger partial charge in [-0.1, -0.05) is 42.5 Å². The van der Waals surface area contributed by atoms with Crippen LogP contribution in [0.25, 0.3) is 11.1 Å². The molecule has 7 heteroatoms. The molecule has 0 saturated carbocycles. The number of aryl methyl sites for hydroxylation is 1. The highest BCUT2D eigenvalue weighted by atomic mass is 16.5. The molecule has 0 spiro atoms. The lowest BCUT2D eigenvalue weighted by Crippen LogP contribution is -2.13. The van der Waals surface area contributed by atoms with E-state index in [2.05, 4.69) is 5.32 Å². The summed E-state index contributed by atoms with van der Waals surface area (Å²) in [5.74, 6) is 1.20. The first kappa shape index (κ1) is 24.6. The van der Waals surface area contributed by atoms with E-state index in [-0.39, 0.29) is 24.7 Å². The lowest BCUT2D eigenvalue weighted by Gasteiger charge is -2.15. The summed E-state index contributed by atoms with van der Waals surface area (Å²) in [5, 5.41) is 3.01. The van der Waals surface area contributed by atoms with Gasteiger partial charge < -0.3 is 24.3 Å². The van der Waals surface area contributed by atoms with Crippen LogP contribution in [0.1, 0.15) is 17.5 Å². The van der Waals surface area contributed by atoms with Gasteiger partial charge >= 0.3 is 5.97 Å². The summed E-state index contributed by atoms with van der Waals surface area (Å²) in [5.41, 5.74) is 4.21. The average molecular weight is 464 g/mol. The summed E-state index contributed by atoms with van der Waals surface area (Å²) < 4.78 is 20.9. The number of hydrogen-bond acceptors (Lipinski definition) is 6. The Morgan fingerprint density at radius 2 is 1.50 bits per heavy atom. The van der Waals surface area contributed by atoms with Crippen LogP contribution in [0.15, 0.2) is 60.7 Å². The van der Waals surface area contributed by atoms with Crippen LogP contribution < -0.4 is 19.5 Å². The maximum atomic E-state index is 12.8. The first-order valence-electron chi connectivity index (χ1n) is 10.8. The third-order valence-electron chi connectivity index (χ3n) is 5.38. The highest BCUT2D eigenvalue weighted by Crippen LogP contribution is 2.38. The fraction of sp³-hybridized carbons (Fsp3) is 0.259. The second kappa shape index (κ2) is 11.7. The molecule has 0 saturated heterocycles. The van der Waals surface area contributed by atoms with Crippen molar-refractivity contribution in [2.24, 2.45) is 0 Å². The van der Waals surface area contributed by atoms with Crippen LogP contribution in [-0.2, 0) is 27.2 Å². The van der Waals surface area contributed by atoms with Gasteiger partial charge in [0.15, 0.2) is 11.5 Å². The molecule has 0 aliphatic carbocycles. The van der Waals surface area contributed by atoms with Crippen LogP contribution in [0, 0.1) is 0 Å². The molecule has 0 aliphatic heterocycles. The smallest absolute Gasteiger partial charge is 0.309 e. The second-order valence-electron chi connectivity index (χ2n) is 7.58. The quantitative estimate of drug-likeness (QED) is 0.440. The third-order valence-corrected chi connectivity index (χ3v) is 5.38. The zero-order valence-corrected chi connectivity index (χ0v) is 19.8. The summed E-state index contributed by atoms with van der Waals surface area (Å²) in [7, 11) is 6.04. The Labute approximate surface area is 199 Å².